The van der Waals surface area contributed by atoms with Crippen LogP contribution in [0.2, 0.25) is 0 Å². The minimum Gasteiger partial charge on any atom is -0.490 e. The molecule has 0 saturated heterocycles. The van der Waals surface area contributed by atoms with Gasteiger partial charge >= 0.3 is 35.9 Å². The number of nitrogens with one attached hydrogen (secondary N) is 1. The number of ether oxygens (including phenoxy) is 7. The molecule has 0 spiro atoms. The Morgan fingerprint density at radius 2 is 1.09 bits per heavy atom. The minimum absolute atomic E-state index is 0.0857. The summed E-state index contributed by atoms with van der Waals surface area (Å²) < 4.78 is 37.2. The fourth-order valence-electron chi connectivity index (χ4n) is 3.80. The summed E-state index contributed by atoms with van der Waals surface area (Å²) in [4.78, 5) is 71.6. The molecule has 2 aromatic rings. The molecular weight excluding hydrogens is 582 g/mol. The van der Waals surface area contributed by atoms with Crippen LogP contribution in [0.15, 0.2) is 54.6 Å². The van der Waals surface area contributed by atoms with Crippen molar-refractivity contribution in [1.82, 2.24) is 0 Å². The topological polar surface area (TPSA) is 179 Å². The van der Waals surface area contributed by atoms with Gasteiger partial charge in [-0.15, -0.1) is 0 Å². The van der Waals surface area contributed by atoms with E-state index < -0.39 is 73.6 Å². The van der Waals surface area contributed by atoms with Crippen LogP contribution < -0.4 is 10.1 Å². The van der Waals surface area contributed by atoms with E-state index in [0.29, 0.717) is 5.69 Å². The van der Waals surface area contributed by atoms with Crippen LogP contribution >= 0.6 is 0 Å². The van der Waals surface area contributed by atoms with E-state index in [1.165, 1.54) is 24.3 Å². The van der Waals surface area contributed by atoms with Gasteiger partial charge in [-0.25, -0.2) is 4.79 Å². The lowest BCUT2D eigenvalue weighted by molar-refractivity contribution is -0.204. The van der Waals surface area contributed by atoms with Crippen molar-refractivity contribution in [3.63, 3.8) is 0 Å². The van der Waals surface area contributed by atoms with Gasteiger partial charge in [0.05, 0.1) is 0 Å². The second-order valence-electron chi connectivity index (χ2n) is 9.27. The van der Waals surface area contributed by atoms with Crippen LogP contribution in [0.25, 0.3) is 0 Å². The van der Waals surface area contributed by atoms with Crippen molar-refractivity contribution in [3.05, 3.63) is 60.2 Å². The van der Waals surface area contributed by atoms with Gasteiger partial charge in [-0.3, -0.25) is 29.3 Å². The Morgan fingerprint density at radius 1 is 0.591 bits per heavy atom. The summed E-state index contributed by atoms with van der Waals surface area (Å²) in [6, 6.07) is 15.2. The first kappa shape index (κ1) is 35.1. The Kier molecular flexibility index (Phi) is 14.1. The van der Waals surface area contributed by atoms with Crippen LogP contribution in [0.3, 0.4) is 0 Å². The van der Waals surface area contributed by atoms with Gasteiger partial charge in [-0.2, -0.15) is 0 Å². The Morgan fingerprint density at radius 3 is 1.57 bits per heavy atom. The number of benzene rings is 2. The first-order valence-electron chi connectivity index (χ1n) is 13.4. The second kappa shape index (κ2) is 17.7. The van der Waals surface area contributed by atoms with E-state index in [1.807, 2.05) is 30.3 Å². The fraction of sp³-hybridized carbons (Fsp3) is 0.400. The number of carbonyl (C=O) groups excluding carboxylic acids is 6. The lowest BCUT2D eigenvalue weighted by atomic mass is 10.0. The van der Waals surface area contributed by atoms with Crippen LogP contribution in [-0.4, -0.2) is 73.6 Å². The number of rotatable bonds is 15. The third-order valence-electron chi connectivity index (χ3n) is 5.47. The van der Waals surface area contributed by atoms with Crippen LogP contribution in [0.4, 0.5) is 10.5 Å². The minimum atomic E-state index is -1.58. The molecule has 0 aliphatic rings. The van der Waals surface area contributed by atoms with Gasteiger partial charge < -0.3 is 33.2 Å². The van der Waals surface area contributed by atoms with Crippen LogP contribution in [0.5, 0.6) is 5.75 Å². The van der Waals surface area contributed by atoms with Crippen molar-refractivity contribution in [1.29, 1.82) is 0 Å². The summed E-state index contributed by atoms with van der Waals surface area (Å²) >= 11 is 0. The molecule has 1 amide bonds. The molecular formula is C30H35NO13. The summed E-state index contributed by atoms with van der Waals surface area (Å²) in [6.45, 7) is 4.48. The number of carbonyl (C=O) groups is 6. The monoisotopic (exact) mass is 617 g/mol. The average Bonchev–Trinajstić information content (AvgIpc) is 2.95. The van der Waals surface area contributed by atoms with E-state index in [2.05, 4.69) is 5.32 Å². The quantitative estimate of drug-likeness (QED) is 0.228. The highest BCUT2D eigenvalue weighted by Crippen LogP contribution is 2.22. The molecule has 0 aliphatic heterocycles. The highest BCUT2D eigenvalue weighted by atomic mass is 16.6. The van der Waals surface area contributed by atoms with E-state index in [-0.39, 0.29) is 12.4 Å². The predicted octanol–water partition coefficient (Wildman–Crippen LogP) is 3.10. The van der Waals surface area contributed by atoms with Crippen molar-refractivity contribution >= 4 is 41.6 Å². The SMILES string of the molecule is CC(=O)OC[C@H](OC(C)=O)[C@@H](OC(C)=O)[C@@H](OC(C)=O)[C@@H](COc1ccc(NC(=O)OCc2ccccc2)cc1)OC(C)=O. The summed E-state index contributed by atoms with van der Waals surface area (Å²) in [5.74, 6) is -3.80. The first-order chi connectivity index (χ1) is 20.8. The zero-order valence-corrected chi connectivity index (χ0v) is 24.9. The molecule has 238 valence electrons. The Bertz CT molecular complexity index is 1280. The Balaban J connectivity index is 2.22. The summed E-state index contributed by atoms with van der Waals surface area (Å²) in [7, 11) is 0. The number of hydrogen-bond donors (Lipinski definition) is 1. The van der Waals surface area contributed by atoms with Crippen molar-refractivity contribution in [2.24, 2.45) is 0 Å². The van der Waals surface area contributed by atoms with Gasteiger partial charge in [0.15, 0.2) is 24.4 Å². The molecule has 0 unspecified atom stereocenters. The lowest BCUT2D eigenvalue weighted by Crippen LogP contribution is -2.54. The zero-order valence-electron chi connectivity index (χ0n) is 24.9. The molecule has 2 rings (SSSR count). The molecule has 4 atom stereocenters. The summed E-state index contributed by atoms with van der Waals surface area (Å²) in [5.41, 5.74) is 1.22. The summed E-state index contributed by atoms with van der Waals surface area (Å²) in [5, 5.41) is 2.58. The maximum Gasteiger partial charge on any atom is 0.411 e. The van der Waals surface area contributed by atoms with Gasteiger partial charge in [-0.1, -0.05) is 30.3 Å². The van der Waals surface area contributed by atoms with Gasteiger partial charge in [0, 0.05) is 40.3 Å². The van der Waals surface area contributed by atoms with Gasteiger partial charge in [0.2, 0.25) is 0 Å². The molecule has 44 heavy (non-hydrogen) atoms. The molecule has 14 heteroatoms. The van der Waals surface area contributed by atoms with E-state index in [4.69, 9.17) is 33.2 Å². The summed E-state index contributed by atoms with van der Waals surface area (Å²) in [6.07, 6.45) is -6.67. The average molecular weight is 618 g/mol. The molecule has 0 saturated carbocycles. The van der Waals surface area contributed by atoms with E-state index in [9.17, 15) is 28.8 Å². The molecule has 0 aliphatic carbocycles. The maximum absolute atomic E-state index is 12.1. The first-order valence-corrected chi connectivity index (χ1v) is 13.4. The zero-order chi connectivity index (χ0) is 32.6. The Hall–Kier alpha value is -5.14. The van der Waals surface area contributed by atoms with Crippen LogP contribution in [0.1, 0.15) is 40.2 Å². The molecule has 14 nitrogen and oxygen atoms in total. The van der Waals surface area contributed by atoms with Gasteiger partial charge in [-0.05, 0) is 29.8 Å². The van der Waals surface area contributed by atoms with Crippen molar-refractivity contribution in [2.45, 2.75) is 65.6 Å². The number of amides is 1. The largest absolute Gasteiger partial charge is 0.490 e. The van der Waals surface area contributed by atoms with E-state index in [0.717, 1.165) is 40.2 Å². The second-order valence-corrected chi connectivity index (χ2v) is 9.27. The number of anilines is 1. The molecule has 1 N–H and O–H groups in total. The maximum atomic E-state index is 12.1. The number of hydrogen-bond acceptors (Lipinski definition) is 13. The third-order valence-corrected chi connectivity index (χ3v) is 5.47. The van der Waals surface area contributed by atoms with Crippen LogP contribution in [-0.2, 0) is 59.0 Å². The Labute approximate surface area is 253 Å². The van der Waals surface area contributed by atoms with Gasteiger partial charge in [0.1, 0.15) is 25.6 Å². The molecule has 0 heterocycles. The molecule has 0 radical (unpaired) electrons. The van der Waals surface area contributed by atoms with Gasteiger partial charge in [0.25, 0.3) is 0 Å². The van der Waals surface area contributed by atoms with Crippen molar-refractivity contribution < 1.29 is 61.9 Å². The standard InChI is InChI=1S/C30H35NO13/c1-18(32)38-16-26(41-19(2)33)28(43-21(4)35)29(44-22(5)36)27(42-20(3)34)17-39-25-13-11-24(12-14-25)31-30(37)40-15-23-9-7-6-8-10-23/h6-14,26-29H,15-17H2,1-5H3,(H,31,37)/t26-,27+,28+,29-/m0/s1. The fourth-order valence-corrected chi connectivity index (χ4v) is 3.80. The molecule has 0 bridgehead atoms. The van der Waals surface area contributed by atoms with E-state index in [1.54, 1.807) is 0 Å². The highest BCUT2D eigenvalue weighted by molar-refractivity contribution is 5.84. The predicted molar refractivity (Wildman–Crippen MR) is 151 cm³/mol. The molecule has 2 aromatic carbocycles. The third kappa shape index (κ3) is 13.2. The van der Waals surface area contributed by atoms with Crippen LogP contribution in [0, 0.1) is 0 Å². The number of esters is 5. The van der Waals surface area contributed by atoms with Crippen molar-refractivity contribution in [3.8, 4) is 5.75 Å². The lowest BCUT2D eigenvalue weighted by Gasteiger charge is -2.35. The molecule has 0 fully saturated rings. The molecule has 0 aromatic heterocycles. The smallest absolute Gasteiger partial charge is 0.411 e. The normalized spacial score (nSPS) is 13.1. The van der Waals surface area contributed by atoms with Crippen molar-refractivity contribution in [2.75, 3.05) is 18.5 Å². The van der Waals surface area contributed by atoms with E-state index >= 15 is 0 Å². The highest BCUT2D eigenvalue weighted by Gasteiger charge is 2.44.